The molecule has 118 valence electrons. The average molecular weight is 379 g/mol. The molecule has 0 aliphatic rings. The fraction of sp³-hybridized carbons (Fsp3) is 0.100. The summed E-state index contributed by atoms with van der Waals surface area (Å²) in [5, 5.41) is 2.11. The van der Waals surface area contributed by atoms with Gasteiger partial charge in [0.1, 0.15) is 4.60 Å². The highest BCUT2D eigenvalue weighted by Crippen LogP contribution is 2.32. The minimum absolute atomic E-state index is 0.0822. The molecule has 0 bridgehead atoms. The Labute approximate surface area is 148 Å². The Morgan fingerprint density at radius 1 is 0.958 bits per heavy atom. The van der Waals surface area contributed by atoms with Gasteiger partial charge < -0.3 is 0 Å². The van der Waals surface area contributed by atoms with Crippen LogP contribution < -0.4 is 0 Å². The van der Waals surface area contributed by atoms with E-state index in [9.17, 15) is 4.79 Å². The number of benzene rings is 2. The fourth-order valence-corrected chi connectivity index (χ4v) is 3.65. The third kappa shape index (κ3) is 2.53. The summed E-state index contributed by atoms with van der Waals surface area (Å²) in [4.78, 5) is 17.3. The van der Waals surface area contributed by atoms with E-state index in [0.29, 0.717) is 11.0 Å². The highest BCUT2D eigenvalue weighted by molar-refractivity contribution is 9.10. The van der Waals surface area contributed by atoms with Gasteiger partial charge in [0.05, 0.1) is 11.0 Å². The average Bonchev–Trinajstić information content (AvgIpc) is 2.97. The molecular formula is C20H15BrN2O. The lowest BCUT2D eigenvalue weighted by Crippen LogP contribution is -2.11. The van der Waals surface area contributed by atoms with Crippen LogP contribution in [0.15, 0.2) is 71.5 Å². The summed E-state index contributed by atoms with van der Waals surface area (Å²) >= 11 is 3.51. The Hall–Kier alpha value is -2.46. The summed E-state index contributed by atoms with van der Waals surface area (Å²) in [6.45, 7) is 0. The number of nitrogens with zero attached hydrogens (tertiary/aromatic N) is 2. The van der Waals surface area contributed by atoms with Gasteiger partial charge in [0.25, 0.3) is 0 Å². The van der Waals surface area contributed by atoms with Crippen molar-refractivity contribution in [3.8, 4) is 0 Å². The Morgan fingerprint density at radius 2 is 1.71 bits per heavy atom. The quantitative estimate of drug-likeness (QED) is 0.457. The number of carbonyl (C=O) groups is 1. The first kappa shape index (κ1) is 15.1. The molecule has 0 saturated carbocycles. The van der Waals surface area contributed by atoms with Gasteiger partial charge in [0, 0.05) is 23.4 Å². The Balaban J connectivity index is 1.81. The third-order valence-electron chi connectivity index (χ3n) is 4.26. The number of pyridine rings is 1. The molecule has 24 heavy (non-hydrogen) atoms. The molecule has 0 aliphatic heterocycles. The van der Waals surface area contributed by atoms with Crippen LogP contribution in [-0.2, 0) is 6.42 Å². The zero-order valence-corrected chi connectivity index (χ0v) is 14.5. The largest absolute Gasteiger partial charge is 0.277 e. The maximum absolute atomic E-state index is 13.0. The van der Waals surface area contributed by atoms with Crippen LogP contribution in [0.2, 0.25) is 0 Å². The lowest BCUT2D eigenvalue weighted by atomic mass is 10.1. The molecule has 4 aromatic rings. The van der Waals surface area contributed by atoms with Crippen LogP contribution in [0, 0.1) is 0 Å². The summed E-state index contributed by atoms with van der Waals surface area (Å²) in [5.74, 6) is 0.0822. The second-order valence-electron chi connectivity index (χ2n) is 5.73. The first-order chi connectivity index (χ1) is 11.8. The predicted octanol–water partition coefficient (Wildman–Crippen LogP) is 5.23. The molecule has 0 N–H and O–H groups in total. The van der Waals surface area contributed by atoms with Crippen molar-refractivity contribution in [3.63, 3.8) is 0 Å². The van der Waals surface area contributed by atoms with Gasteiger partial charge >= 0.3 is 0 Å². The van der Waals surface area contributed by atoms with Crippen LogP contribution in [0.3, 0.4) is 0 Å². The lowest BCUT2D eigenvalue weighted by Gasteiger charge is -2.07. The van der Waals surface area contributed by atoms with Crippen molar-refractivity contribution in [2.75, 3.05) is 0 Å². The lowest BCUT2D eigenvalue weighted by molar-refractivity contribution is 0.0913. The molecule has 0 radical (unpaired) electrons. The highest BCUT2D eigenvalue weighted by Gasteiger charge is 2.18. The van der Waals surface area contributed by atoms with Gasteiger partial charge in [-0.2, -0.15) is 0 Å². The number of hydrogen-bond donors (Lipinski definition) is 0. The van der Waals surface area contributed by atoms with Crippen molar-refractivity contribution in [2.45, 2.75) is 12.8 Å². The van der Waals surface area contributed by atoms with Crippen molar-refractivity contribution in [1.82, 2.24) is 9.55 Å². The van der Waals surface area contributed by atoms with E-state index in [0.717, 1.165) is 28.2 Å². The number of hydrogen-bond acceptors (Lipinski definition) is 2. The van der Waals surface area contributed by atoms with Crippen LogP contribution in [0.25, 0.3) is 21.8 Å². The SMILES string of the molecule is O=C(CCc1ccccc1)n1c2ccccc2c2ccnc(Br)c21. The second-order valence-corrected chi connectivity index (χ2v) is 6.48. The number of aryl methyl sites for hydroxylation is 1. The van der Waals surface area contributed by atoms with Crippen LogP contribution in [0.1, 0.15) is 16.8 Å². The third-order valence-corrected chi connectivity index (χ3v) is 4.84. The van der Waals surface area contributed by atoms with Crippen LogP contribution in [0.4, 0.5) is 0 Å². The fourth-order valence-electron chi connectivity index (χ4n) is 3.14. The van der Waals surface area contributed by atoms with Crippen LogP contribution >= 0.6 is 15.9 Å². The van der Waals surface area contributed by atoms with Crippen LogP contribution in [-0.4, -0.2) is 15.5 Å². The van der Waals surface area contributed by atoms with E-state index < -0.39 is 0 Å². The van der Waals surface area contributed by atoms with Gasteiger partial charge in [0.15, 0.2) is 0 Å². The van der Waals surface area contributed by atoms with E-state index in [1.54, 1.807) is 10.8 Å². The van der Waals surface area contributed by atoms with Gasteiger partial charge in [0.2, 0.25) is 5.91 Å². The maximum atomic E-state index is 13.0. The molecule has 0 saturated heterocycles. The van der Waals surface area contributed by atoms with Gasteiger partial charge in [-0.05, 0) is 40.0 Å². The van der Waals surface area contributed by atoms with Crippen molar-refractivity contribution >= 4 is 43.6 Å². The van der Waals surface area contributed by atoms with Crippen molar-refractivity contribution in [1.29, 1.82) is 0 Å². The number of carbonyl (C=O) groups excluding carboxylic acids is 1. The molecule has 0 fully saturated rings. The van der Waals surface area contributed by atoms with E-state index in [4.69, 9.17) is 0 Å². The van der Waals surface area contributed by atoms with Gasteiger partial charge in [-0.1, -0.05) is 48.5 Å². The molecule has 2 heterocycles. The summed E-state index contributed by atoms with van der Waals surface area (Å²) < 4.78 is 2.49. The Kier molecular flexibility index (Phi) is 3.90. The van der Waals surface area contributed by atoms with Gasteiger partial charge in [-0.3, -0.25) is 9.36 Å². The highest BCUT2D eigenvalue weighted by atomic mass is 79.9. The number of aromatic nitrogens is 2. The summed E-state index contributed by atoms with van der Waals surface area (Å²) in [6, 6.07) is 20.0. The smallest absolute Gasteiger partial charge is 0.232 e. The zero-order chi connectivity index (χ0) is 16.5. The van der Waals surface area contributed by atoms with E-state index in [2.05, 4.69) is 33.0 Å². The standard InChI is InChI=1S/C20H15BrN2O/c21-20-19-16(12-13-22-20)15-8-4-5-9-17(15)23(19)18(24)11-10-14-6-2-1-3-7-14/h1-9,12-13H,10-11H2. The summed E-state index contributed by atoms with van der Waals surface area (Å²) in [7, 11) is 0. The molecular weight excluding hydrogens is 364 g/mol. The van der Waals surface area contributed by atoms with Crippen LogP contribution in [0.5, 0.6) is 0 Å². The molecule has 3 nitrogen and oxygen atoms in total. The minimum atomic E-state index is 0.0822. The first-order valence-electron chi connectivity index (χ1n) is 7.86. The normalized spacial score (nSPS) is 11.2. The topological polar surface area (TPSA) is 34.9 Å². The van der Waals surface area contributed by atoms with E-state index >= 15 is 0 Å². The monoisotopic (exact) mass is 378 g/mol. The van der Waals surface area contributed by atoms with Crippen molar-refractivity contribution in [2.24, 2.45) is 0 Å². The molecule has 0 amide bonds. The van der Waals surface area contributed by atoms with Crippen molar-refractivity contribution in [3.05, 3.63) is 77.0 Å². The molecule has 0 aliphatic carbocycles. The molecule has 0 atom stereocenters. The molecule has 2 aromatic carbocycles. The molecule has 2 aromatic heterocycles. The van der Waals surface area contributed by atoms with Gasteiger partial charge in [-0.25, -0.2) is 4.98 Å². The van der Waals surface area contributed by atoms with E-state index in [1.807, 2.05) is 48.5 Å². The second kappa shape index (κ2) is 6.21. The van der Waals surface area contributed by atoms with Crippen molar-refractivity contribution < 1.29 is 4.79 Å². The van der Waals surface area contributed by atoms with Gasteiger partial charge in [-0.15, -0.1) is 0 Å². The Morgan fingerprint density at radius 3 is 2.54 bits per heavy atom. The maximum Gasteiger partial charge on any atom is 0.232 e. The molecule has 4 rings (SSSR count). The Bertz CT molecular complexity index is 1040. The first-order valence-corrected chi connectivity index (χ1v) is 8.66. The number of halogens is 1. The summed E-state index contributed by atoms with van der Waals surface area (Å²) in [6.07, 6.45) is 2.95. The molecule has 4 heteroatoms. The number of rotatable bonds is 3. The number of fused-ring (bicyclic) bond motifs is 3. The number of para-hydroxylation sites is 1. The van der Waals surface area contributed by atoms with E-state index in [-0.39, 0.29) is 5.91 Å². The molecule has 0 spiro atoms. The van der Waals surface area contributed by atoms with E-state index in [1.165, 1.54) is 5.56 Å². The molecule has 0 unspecified atom stereocenters. The minimum Gasteiger partial charge on any atom is -0.277 e. The predicted molar refractivity (Wildman–Crippen MR) is 100 cm³/mol. The zero-order valence-electron chi connectivity index (χ0n) is 12.9. The summed E-state index contributed by atoms with van der Waals surface area (Å²) in [5.41, 5.74) is 2.94.